The number of hydrogen-bond acceptors (Lipinski definition) is 4. The quantitative estimate of drug-likeness (QED) is 0.615. The SMILES string of the molecule is COc1ccc(F)cc1-c1ccnc2[nH]c(C3=CCN(S(=O)(=O)CCl)CC3)cc12. The summed E-state index contributed by atoms with van der Waals surface area (Å²) >= 11 is 5.54. The van der Waals surface area contributed by atoms with Crippen molar-refractivity contribution in [2.24, 2.45) is 0 Å². The molecule has 4 rings (SSSR count). The summed E-state index contributed by atoms with van der Waals surface area (Å²) in [6, 6.07) is 8.17. The van der Waals surface area contributed by atoms with Gasteiger partial charge in [0.25, 0.3) is 0 Å². The van der Waals surface area contributed by atoms with Gasteiger partial charge in [0.2, 0.25) is 10.0 Å². The molecule has 9 heteroatoms. The van der Waals surface area contributed by atoms with E-state index in [0.717, 1.165) is 22.2 Å². The van der Waals surface area contributed by atoms with Crippen LogP contribution in [0.25, 0.3) is 27.7 Å². The Bertz CT molecular complexity index is 1210. The van der Waals surface area contributed by atoms with Gasteiger partial charge in [0, 0.05) is 35.9 Å². The van der Waals surface area contributed by atoms with Crippen LogP contribution in [0, 0.1) is 5.82 Å². The molecular weight excluding hydrogens is 417 g/mol. The summed E-state index contributed by atoms with van der Waals surface area (Å²) in [5, 5.41) is 0.411. The van der Waals surface area contributed by atoms with Crippen LogP contribution in [0.15, 0.2) is 42.6 Å². The summed E-state index contributed by atoms with van der Waals surface area (Å²) < 4.78 is 44.5. The van der Waals surface area contributed by atoms with E-state index in [4.69, 9.17) is 16.3 Å². The van der Waals surface area contributed by atoms with Crippen LogP contribution in [0.5, 0.6) is 5.75 Å². The number of aromatic nitrogens is 2. The van der Waals surface area contributed by atoms with Crippen LogP contribution >= 0.6 is 11.6 Å². The molecule has 2 aromatic heterocycles. The molecule has 0 radical (unpaired) electrons. The van der Waals surface area contributed by atoms with Crippen molar-refractivity contribution in [1.29, 1.82) is 0 Å². The lowest BCUT2D eigenvalue weighted by Gasteiger charge is -2.24. The number of nitrogens with one attached hydrogen (secondary N) is 1. The average molecular weight is 436 g/mol. The van der Waals surface area contributed by atoms with E-state index in [2.05, 4.69) is 9.97 Å². The predicted molar refractivity (Wildman–Crippen MR) is 112 cm³/mol. The minimum atomic E-state index is -3.42. The zero-order chi connectivity index (χ0) is 20.6. The molecule has 0 aliphatic carbocycles. The highest BCUT2D eigenvalue weighted by Crippen LogP contribution is 2.36. The predicted octanol–water partition coefficient (Wildman–Crippen LogP) is 3.99. The molecule has 0 fully saturated rings. The van der Waals surface area contributed by atoms with Gasteiger partial charge in [0.05, 0.1) is 7.11 Å². The van der Waals surface area contributed by atoms with E-state index in [9.17, 15) is 12.8 Å². The van der Waals surface area contributed by atoms with Gasteiger partial charge in [-0.05, 0) is 47.9 Å². The van der Waals surface area contributed by atoms with Gasteiger partial charge in [-0.2, -0.15) is 4.31 Å². The van der Waals surface area contributed by atoms with Crippen LogP contribution in [0.1, 0.15) is 12.1 Å². The molecule has 1 aliphatic rings. The molecule has 0 atom stereocenters. The standard InChI is InChI=1S/C20H19ClFN3O3S/c1-28-19-3-2-14(22)10-16(19)15-4-7-23-20-17(15)11-18(24-20)13-5-8-25(9-6-13)29(26,27)12-21/h2-5,7,10-11H,6,8-9,12H2,1H3,(H,23,24). The Balaban J connectivity index is 1.74. The minimum Gasteiger partial charge on any atom is -0.496 e. The second-order valence-corrected chi connectivity index (χ2v) is 9.26. The van der Waals surface area contributed by atoms with E-state index in [1.165, 1.54) is 16.4 Å². The number of halogens is 2. The van der Waals surface area contributed by atoms with Gasteiger partial charge in [0.15, 0.2) is 0 Å². The molecule has 152 valence electrons. The first kappa shape index (κ1) is 19.9. The highest BCUT2D eigenvalue weighted by Gasteiger charge is 2.24. The Kier molecular flexibility index (Phi) is 5.33. The molecular formula is C20H19ClFN3O3S. The number of sulfonamides is 1. The number of benzene rings is 1. The van der Waals surface area contributed by atoms with Crippen molar-refractivity contribution >= 4 is 38.2 Å². The third kappa shape index (κ3) is 3.75. The topological polar surface area (TPSA) is 75.3 Å². The van der Waals surface area contributed by atoms with E-state index in [0.29, 0.717) is 29.9 Å². The van der Waals surface area contributed by atoms with Crippen molar-refractivity contribution in [3.05, 3.63) is 54.1 Å². The molecule has 0 saturated heterocycles. The van der Waals surface area contributed by atoms with Crippen LogP contribution < -0.4 is 4.74 Å². The van der Waals surface area contributed by atoms with Crippen LogP contribution in [0.3, 0.4) is 0 Å². The molecule has 6 nitrogen and oxygen atoms in total. The van der Waals surface area contributed by atoms with Gasteiger partial charge in [-0.25, -0.2) is 17.8 Å². The Morgan fingerprint density at radius 3 is 2.79 bits per heavy atom. The van der Waals surface area contributed by atoms with E-state index in [-0.39, 0.29) is 12.4 Å². The first-order valence-corrected chi connectivity index (χ1v) is 11.1. The maximum atomic E-state index is 13.9. The fraction of sp³-hybridized carbons (Fsp3) is 0.250. The van der Waals surface area contributed by atoms with E-state index >= 15 is 0 Å². The monoisotopic (exact) mass is 435 g/mol. The van der Waals surface area contributed by atoms with Gasteiger partial charge in [0.1, 0.15) is 22.4 Å². The summed E-state index contributed by atoms with van der Waals surface area (Å²) in [6.07, 6.45) is 4.09. The number of alkyl halides is 1. The molecule has 3 heterocycles. The molecule has 1 aromatic carbocycles. The van der Waals surface area contributed by atoms with Crippen LogP contribution in [0.4, 0.5) is 4.39 Å². The Hall–Kier alpha value is -2.42. The van der Waals surface area contributed by atoms with Gasteiger partial charge < -0.3 is 9.72 Å². The smallest absolute Gasteiger partial charge is 0.228 e. The summed E-state index contributed by atoms with van der Waals surface area (Å²) in [6.45, 7) is 0.645. The molecule has 0 saturated carbocycles. The van der Waals surface area contributed by atoms with Crippen molar-refractivity contribution in [3.63, 3.8) is 0 Å². The van der Waals surface area contributed by atoms with E-state index < -0.39 is 15.2 Å². The van der Waals surface area contributed by atoms with Crippen molar-refractivity contribution in [1.82, 2.24) is 14.3 Å². The van der Waals surface area contributed by atoms with Gasteiger partial charge in [-0.15, -0.1) is 11.6 Å². The number of methoxy groups -OCH3 is 1. The molecule has 0 spiro atoms. The molecule has 0 unspecified atom stereocenters. The first-order chi connectivity index (χ1) is 13.9. The number of nitrogens with zero attached hydrogens (tertiary/aromatic N) is 2. The second-order valence-electron chi connectivity index (χ2n) is 6.71. The van der Waals surface area contributed by atoms with Gasteiger partial charge >= 0.3 is 0 Å². The number of ether oxygens (including phenoxy) is 1. The largest absolute Gasteiger partial charge is 0.496 e. The summed E-state index contributed by atoms with van der Waals surface area (Å²) in [4.78, 5) is 7.67. The maximum absolute atomic E-state index is 13.9. The third-order valence-corrected chi connectivity index (χ3v) is 7.25. The number of hydrogen-bond donors (Lipinski definition) is 1. The molecule has 0 amide bonds. The number of H-pyrrole nitrogens is 1. The van der Waals surface area contributed by atoms with Crippen LogP contribution in [-0.2, 0) is 10.0 Å². The van der Waals surface area contributed by atoms with Gasteiger partial charge in [-0.3, -0.25) is 0 Å². The molecule has 29 heavy (non-hydrogen) atoms. The number of aromatic amines is 1. The maximum Gasteiger partial charge on any atom is 0.228 e. The Morgan fingerprint density at radius 1 is 1.28 bits per heavy atom. The number of pyridine rings is 1. The van der Waals surface area contributed by atoms with Gasteiger partial charge in [-0.1, -0.05) is 6.08 Å². The lowest BCUT2D eigenvalue weighted by molar-refractivity contribution is 0.415. The summed E-state index contributed by atoms with van der Waals surface area (Å²) in [5.41, 5.74) is 3.97. The first-order valence-electron chi connectivity index (χ1n) is 8.98. The highest BCUT2D eigenvalue weighted by molar-refractivity contribution is 7.90. The lowest BCUT2D eigenvalue weighted by atomic mass is 10.0. The zero-order valence-corrected chi connectivity index (χ0v) is 17.2. The number of fused-ring (bicyclic) bond motifs is 1. The van der Waals surface area contributed by atoms with Crippen molar-refractivity contribution in [2.45, 2.75) is 6.42 Å². The summed E-state index contributed by atoms with van der Waals surface area (Å²) in [7, 11) is -1.88. The fourth-order valence-electron chi connectivity index (χ4n) is 3.54. The Morgan fingerprint density at radius 2 is 2.10 bits per heavy atom. The van der Waals surface area contributed by atoms with Crippen LogP contribution in [-0.4, -0.2) is 48.1 Å². The third-order valence-electron chi connectivity index (χ3n) is 5.03. The van der Waals surface area contributed by atoms with Crippen molar-refractivity contribution in [3.8, 4) is 16.9 Å². The molecule has 0 bridgehead atoms. The van der Waals surface area contributed by atoms with Crippen molar-refractivity contribution in [2.75, 3.05) is 25.4 Å². The minimum absolute atomic E-state index is 0.276. The van der Waals surface area contributed by atoms with E-state index in [1.54, 1.807) is 19.4 Å². The second kappa shape index (κ2) is 7.78. The summed E-state index contributed by atoms with van der Waals surface area (Å²) in [5.74, 6) is 0.220. The van der Waals surface area contributed by atoms with Crippen molar-refractivity contribution < 1.29 is 17.5 Å². The fourth-order valence-corrected chi connectivity index (χ4v) is 4.77. The zero-order valence-electron chi connectivity index (χ0n) is 15.7. The van der Waals surface area contributed by atoms with Crippen LogP contribution in [0.2, 0.25) is 0 Å². The lowest BCUT2D eigenvalue weighted by Crippen LogP contribution is -2.35. The molecule has 1 aliphatic heterocycles. The Labute approximate surface area is 173 Å². The normalized spacial score (nSPS) is 15.5. The molecule has 3 aromatic rings. The number of rotatable bonds is 5. The highest BCUT2D eigenvalue weighted by atomic mass is 35.5. The van der Waals surface area contributed by atoms with E-state index in [1.807, 2.05) is 18.2 Å². The average Bonchev–Trinajstić information content (AvgIpc) is 3.18. The molecule has 1 N–H and O–H groups in total.